The number of rotatable bonds is 0. The maximum absolute atomic E-state index is 2.31. The van der Waals surface area contributed by atoms with Crippen molar-refractivity contribution < 1.29 is 0 Å². The van der Waals surface area contributed by atoms with E-state index in [2.05, 4.69) is 30.4 Å². The lowest BCUT2D eigenvalue weighted by Crippen LogP contribution is -1.89. The largest absolute Gasteiger partial charge is 0.115 e. The van der Waals surface area contributed by atoms with Crippen molar-refractivity contribution in [2.45, 2.75) is 37.2 Å². The normalized spacial score (nSPS) is 27.3. The molecular weight excluding hydrogens is 160 g/mol. The average Bonchev–Trinajstić information content (AvgIpc) is 2.27. The van der Waals surface area contributed by atoms with Crippen LogP contribution in [-0.4, -0.2) is 4.58 Å². The minimum atomic E-state index is 0.808. The third-order valence-electron chi connectivity index (χ3n) is 1.99. The van der Waals surface area contributed by atoms with Gasteiger partial charge >= 0.3 is 0 Å². The molecular formula is C8H12S2. The third kappa shape index (κ3) is 1.24. The van der Waals surface area contributed by atoms with E-state index in [-0.39, 0.29) is 0 Å². The molecule has 0 N–H and O–H groups in total. The maximum atomic E-state index is 2.31. The molecule has 0 aromatic rings. The summed E-state index contributed by atoms with van der Waals surface area (Å²) in [5, 5.41) is 0. The molecule has 10 heavy (non-hydrogen) atoms. The van der Waals surface area contributed by atoms with E-state index in [0.717, 1.165) is 4.58 Å². The zero-order chi connectivity index (χ0) is 6.97. The van der Waals surface area contributed by atoms with Gasteiger partial charge in [-0.1, -0.05) is 0 Å². The molecule has 0 bridgehead atoms. The fourth-order valence-electron chi connectivity index (χ4n) is 1.52. The molecule has 1 heterocycles. The molecule has 2 aliphatic rings. The molecule has 0 aromatic carbocycles. The van der Waals surface area contributed by atoms with Crippen LogP contribution in [0.25, 0.3) is 0 Å². The molecule has 0 amide bonds. The smallest absolute Gasteiger partial charge is 0.0562 e. The van der Waals surface area contributed by atoms with Crippen LogP contribution in [-0.2, 0) is 0 Å². The van der Waals surface area contributed by atoms with Gasteiger partial charge in [-0.05, 0) is 42.4 Å². The van der Waals surface area contributed by atoms with Gasteiger partial charge in [0.05, 0.1) is 4.58 Å². The van der Waals surface area contributed by atoms with E-state index < -0.39 is 0 Å². The van der Waals surface area contributed by atoms with Crippen molar-refractivity contribution in [2.75, 3.05) is 0 Å². The summed E-state index contributed by atoms with van der Waals surface area (Å²) in [5.74, 6) is 0. The second-order valence-corrected chi connectivity index (χ2v) is 6.03. The van der Waals surface area contributed by atoms with Gasteiger partial charge in [-0.2, -0.15) is 0 Å². The standard InChI is InChI=1S/C8H12S2/c1-6-9-7-4-2-3-5-8(7)10-6/h6H,2-5H2,1H3. The maximum Gasteiger partial charge on any atom is 0.0562 e. The van der Waals surface area contributed by atoms with E-state index >= 15 is 0 Å². The predicted octanol–water partition coefficient (Wildman–Crippen LogP) is 3.60. The van der Waals surface area contributed by atoms with E-state index in [1.54, 1.807) is 9.81 Å². The molecule has 0 saturated carbocycles. The zero-order valence-electron chi connectivity index (χ0n) is 6.22. The van der Waals surface area contributed by atoms with Gasteiger partial charge in [0.15, 0.2) is 0 Å². The van der Waals surface area contributed by atoms with Gasteiger partial charge < -0.3 is 0 Å². The van der Waals surface area contributed by atoms with Crippen LogP contribution < -0.4 is 0 Å². The summed E-state index contributed by atoms with van der Waals surface area (Å²) in [4.78, 5) is 3.42. The van der Waals surface area contributed by atoms with Crippen LogP contribution in [0, 0.1) is 0 Å². The van der Waals surface area contributed by atoms with Gasteiger partial charge in [0.1, 0.15) is 0 Å². The van der Waals surface area contributed by atoms with E-state index in [1.165, 1.54) is 25.7 Å². The van der Waals surface area contributed by atoms with Crippen LogP contribution in [0.15, 0.2) is 9.81 Å². The summed E-state index contributed by atoms with van der Waals surface area (Å²) in [7, 11) is 0. The highest BCUT2D eigenvalue weighted by molar-refractivity contribution is 8.23. The molecule has 0 aromatic heterocycles. The Morgan fingerprint density at radius 2 is 1.60 bits per heavy atom. The average molecular weight is 172 g/mol. The topological polar surface area (TPSA) is 0 Å². The van der Waals surface area contributed by atoms with Gasteiger partial charge in [-0.15, -0.1) is 23.5 Å². The molecule has 0 atom stereocenters. The van der Waals surface area contributed by atoms with Crippen LogP contribution in [0.1, 0.15) is 32.6 Å². The summed E-state index contributed by atoms with van der Waals surface area (Å²) < 4.78 is 0.808. The lowest BCUT2D eigenvalue weighted by molar-refractivity contribution is 0.718. The summed E-state index contributed by atoms with van der Waals surface area (Å²) in [5.41, 5.74) is 0. The van der Waals surface area contributed by atoms with Crippen LogP contribution in [0.3, 0.4) is 0 Å². The molecule has 1 aliphatic carbocycles. The molecule has 0 unspecified atom stereocenters. The number of thioether (sulfide) groups is 2. The first kappa shape index (κ1) is 7.11. The summed E-state index contributed by atoms with van der Waals surface area (Å²) in [6.45, 7) is 2.31. The van der Waals surface area contributed by atoms with Crippen LogP contribution in [0.2, 0.25) is 0 Å². The summed E-state index contributed by atoms with van der Waals surface area (Å²) >= 11 is 4.18. The molecule has 0 radical (unpaired) electrons. The Morgan fingerprint density at radius 1 is 1.10 bits per heavy atom. The summed E-state index contributed by atoms with van der Waals surface area (Å²) in [6, 6.07) is 0. The van der Waals surface area contributed by atoms with Crippen LogP contribution >= 0.6 is 23.5 Å². The lowest BCUT2D eigenvalue weighted by atomic mass is 10.1. The van der Waals surface area contributed by atoms with E-state index in [1.807, 2.05) is 0 Å². The number of hydrogen-bond donors (Lipinski definition) is 0. The molecule has 1 aliphatic heterocycles. The monoisotopic (exact) mass is 172 g/mol. The first-order chi connectivity index (χ1) is 4.86. The molecule has 2 heteroatoms. The van der Waals surface area contributed by atoms with Crippen molar-refractivity contribution in [3.8, 4) is 0 Å². The minimum Gasteiger partial charge on any atom is -0.115 e. The highest BCUT2D eigenvalue weighted by atomic mass is 32.2. The Kier molecular flexibility index (Phi) is 2.01. The zero-order valence-corrected chi connectivity index (χ0v) is 7.86. The molecule has 0 saturated heterocycles. The third-order valence-corrected chi connectivity index (χ3v) is 4.83. The van der Waals surface area contributed by atoms with Crippen molar-refractivity contribution >= 4 is 23.5 Å². The quantitative estimate of drug-likeness (QED) is 0.547. The Labute approximate surface area is 70.8 Å². The van der Waals surface area contributed by atoms with E-state index in [4.69, 9.17) is 0 Å². The first-order valence-corrected chi connectivity index (χ1v) is 5.67. The van der Waals surface area contributed by atoms with Gasteiger partial charge in [0.25, 0.3) is 0 Å². The van der Waals surface area contributed by atoms with Crippen molar-refractivity contribution in [3.05, 3.63) is 9.81 Å². The number of allylic oxidation sites excluding steroid dienone is 2. The Hall–Kier alpha value is 0.440. The van der Waals surface area contributed by atoms with Crippen molar-refractivity contribution in [1.29, 1.82) is 0 Å². The van der Waals surface area contributed by atoms with Gasteiger partial charge in [-0.25, -0.2) is 0 Å². The van der Waals surface area contributed by atoms with Gasteiger partial charge in [0.2, 0.25) is 0 Å². The first-order valence-electron chi connectivity index (χ1n) is 3.91. The van der Waals surface area contributed by atoms with Gasteiger partial charge in [0, 0.05) is 0 Å². The molecule has 2 rings (SSSR count). The molecule has 56 valence electrons. The number of hydrogen-bond acceptors (Lipinski definition) is 2. The highest BCUT2D eigenvalue weighted by Crippen LogP contribution is 2.51. The fourth-order valence-corrected chi connectivity index (χ4v) is 4.49. The molecule has 0 nitrogen and oxygen atoms in total. The van der Waals surface area contributed by atoms with E-state index in [9.17, 15) is 0 Å². The molecule has 0 spiro atoms. The predicted molar refractivity (Wildman–Crippen MR) is 50.1 cm³/mol. The minimum absolute atomic E-state index is 0.808. The van der Waals surface area contributed by atoms with Gasteiger partial charge in [-0.3, -0.25) is 0 Å². The van der Waals surface area contributed by atoms with Crippen molar-refractivity contribution in [1.82, 2.24) is 0 Å². The summed E-state index contributed by atoms with van der Waals surface area (Å²) in [6.07, 6.45) is 5.60. The molecule has 0 fully saturated rings. The van der Waals surface area contributed by atoms with Crippen molar-refractivity contribution in [3.63, 3.8) is 0 Å². The second kappa shape index (κ2) is 2.82. The lowest BCUT2D eigenvalue weighted by Gasteiger charge is -2.10. The highest BCUT2D eigenvalue weighted by Gasteiger charge is 2.23. The fraction of sp³-hybridized carbons (Fsp3) is 0.750. The Bertz CT molecular complexity index is 154. The van der Waals surface area contributed by atoms with Crippen LogP contribution in [0.4, 0.5) is 0 Å². The SMILES string of the molecule is CC1SC2=C(CCCC2)S1. The van der Waals surface area contributed by atoms with Crippen LogP contribution in [0.5, 0.6) is 0 Å². The Morgan fingerprint density at radius 3 is 2.10 bits per heavy atom. The van der Waals surface area contributed by atoms with Crippen molar-refractivity contribution in [2.24, 2.45) is 0 Å². The second-order valence-electron chi connectivity index (χ2n) is 2.86. The van der Waals surface area contributed by atoms with E-state index in [0.29, 0.717) is 0 Å². The Balaban J connectivity index is 2.13.